The molecule has 3 rings (SSSR count). The minimum atomic E-state index is 0.0108. The normalized spacial score (nSPS) is 14.5. The van der Waals surface area contributed by atoms with Crippen molar-refractivity contribution in [2.45, 2.75) is 13.0 Å². The molecule has 0 saturated carbocycles. The molecule has 1 aliphatic rings. The molecule has 0 aliphatic carbocycles. The van der Waals surface area contributed by atoms with Crippen molar-refractivity contribution in [3.63, 3.8) is 0 Å². The standard InChI is InChI=1S/C17H17ClN2O/c18-15-5-7-16(8-6-15)19-17(21)12-20-10-9-13-3-1-2-4-14(13)11-20/h1-8H,9-12H2,(H,19,21). The summed E-state index contributed by atoms with van der Waals surface area (Å²) in [5, 5.41) is 3.57. The number of nitrogens with one attached hydrogen (secondary N) is 1. The maximum atomic E-state index is 12.1. The molecule has 1 aliphatic heterocycles. The van der Waals surface area contributed by atoms with Crippen LogP contribution < -0.4 is 5.32 Å². The van der Waals surface area contributed by atoms with Gasteiger partial charge in [-0.3, -0.25) is 9.69 Å². The predicted octanol–water partition coefficient (Wildman–Crippen LogP) is 3.34. The minimum absolute atomic E-state index is 0.0108. The van der Waals surface area contributed by atoms with Gasteiger partial charge in [0.2, 0.25) is 5.91 Å². The van der Waals surface area contributed by atoms with Gasteiger partial charge in [-0.1, -0.05) is 35.9 Å². The van der Waals surface area contributed by atoms with Crippen LogP contribution in [-0.4, -0.2) is 23.9 Å². The number of amides is 1. The molecule has 0 saturated heterocycles. The number of carbonyl (C=O) groups excluding carboxylic acids is 1. The van der Waals surface area contributed by atoms with E-state index in [1.165, 1.54) is 11.1 Å². The van der Waals surface area contributed by atoms with Gasteiger partial charge in [0.1, 0.15) is 0 Å². The van der Waals surface area contributed by atoms with Crippen LogP contribution >= 0.6 is 11.6 Å². The molecular formula is C17H17ClN2O. The SMILES string of the molecule is O=C(CN1CCc2ccccc2C1)Nc1ccc(Cl)cc1. The zero-order valence-corrected chi connectivity index (χ0v) is 12.4. The third-order valence-electron chi connectivity index (χ3n) is 3.70. The van der Waals surface area contributed by atoms with Crippen molar-refractivity contribution >= 4 is 23.2 Å². The third-order valence-corrected chi connectivity index (χ3v) is 3.96. The van der Waals surface area contributed by atoms with Crippen molar-refractivity contribution in [3.05, 3.63) is 64.7 Å². The van der Waals surface area contributed by atoms with Crippen LogP contribution in [0.4, 0.5) is 5.69 Å². The Morgan fingerprint density at radius 3 is 2.57 bits per heavy atom. The van der Waals surface area contributed by atoms with Crippen LogP contribution in [0.25, 0.3) is 0 Å². The zero-order chi connectivity index (χ0) is 14.7. The van der Waals surface area contributed by atoms with Crippen LogP contribution in [-0.2, 0) is 17.8 Å². The first-order valence-corrected chi connectivity index (χ1v) is 7.43. The molecule has 0 atom stereocenters. The van der Waals surface area contributed by atoms with E-state index >= 15 is 0 Å². The second kappa shape index (κ2) is 6.29. The van der Waals surface area contributed by atoms with E-state index in [-0.39, 0.29) is 5.91 Å². The molecule has 2 aromatic carbocycles. The smallest absolute Gasteiger partial charge is 0.238 e. The molecule has 108 valence electrons. The molecule has 3 nitrogen and oxygen atoms in total. The van der Waals surface area contributed by atoms with Crippen molar-refractivity contribution in [2.75, 3.05) is 18.4 Å². The lowest BCUT2D eigenvalue weighted by Gasteiger charge is -2.28. The van der Waals surface area contributed by atoms with Crippen LogP contribution in [0, 0.1) is 0 Å². The Labute approximate surface area is 129 Å². The number of halogens is 1. The second-order valence-electron chi connectivity index (χ2n) is 5.28. The van der Waals surface area contributed by atoms with Gasteiger partial charge in [0.25, 0.3) is 0 Å². The topological polar surface area (TPSA) is 32.3 Å². The predicted molar refractivity (Wildman–Crippen MR) is 85.5 cm³/mol. The van der Waals surface area contributed by atoms with Crippen molar-refractivity contribution in [1.82, 2.24) is 4.90 Å². The van der Waals surface area contributed by atoms with E-state index in [2.05, 4.69) is 34.5 Å². The summed E-state index contributed by atoms with van der Waals surface area (Å²) in [6.07, 6.45) is 1.00. The highest BCUT2D eigenvalue weighted by molar-refractivity contribution is 6.30. The van der Waals surface area contributed by atoms with Gasteiger partial charge in [0.15, 0.2) is 0 Å². The fraction of sp³-hybridized carbons (Fsp3) is 0.235. The van der Waals surface area contributed by atoms with Crippen LogP contribution in [0.1, 0.15) is 11.1 Å². The Morgan fingerprint density at radius 1 is 1.10 bits per heavy atom. The van der Waals surface area contributed by atoms with E-state index in [0.29, 0.717) is 11.6 Å². The Morgan fingerprint density at radius 2 is 1.81 bits per heavy atom. The van der Waals surface area contributed by atoms with E-state index in [1.807, 2.05) is 12.1 Å². The monoisotopic (exact) mass is 300 g/mol. The molecule has 4 heteroatoms. The van der Waals surface area contributed by atoms with E-state index in [0.717, 1.165) is 25.2 Å². The Balaban J connectivity index is 1.57. The molecule has 0 fully saturated rings. The van der Waals surface area contributed by atoms with E-state index in [1.54, 1.807) is 12.1 Å². The lowest BCUT2D eigenvalue weighted by atomic mass is 10.00. The summed E-state index contributed by atoms with van der Waals surface area (Å²) in [5.74, 6) is 0.0108. The first kappa shape index (κ1) is 14.1. The summed E-state index contributed by atoms with van der Waals surface area (Å²) < 4.78 is 0. The molecule has 0 unspecified atom stereocenters. The Bertz CT molecular complexity index is 639. The van der Waals surface area contributed by atoms with Crippen molar-refractivity contribution < 1.29 is 4.79 Å². The molecule has 1 N–H and O–H groups in total. The van der Waals surface area contributed by atoms with Crippen molar-refractivity contribution in [2.24, 2.45) is 0 Å². The summed E-state index contributed by atoms with van der Waals surface area (Å²) in [5.41, 5.74) is 3.50. The number of rotatable bonds is 3. The number of anilines is 1. The number of fused-ring (bicyclic) bond motifs is 1. The fourth-order valence-electron chi connectivity index (χ4n) is 2.63. The molecule has 2 aromatic rings. The highest BCUT2D eigenvalue weighted by Gasteiger charge is 2.17. The van der Waals surface area contributed by atoms with Gasteiger partial charge in [-0.05, 0) is 41.8 Å². The zero-order valence-electron chi connectivity index (χ0n) is 11.7. The lowest BCUT2D eigenvalue weighted by Crippen LogP contribution is -2.37. The lowest BCUT2D eigenvalue weighted by molar-refractivity contribution is -0.117. The molecule has 0 radical (unpaired) electrons. The van der Waals surface area contributed by atoms with Gasteiger partial charge in [0.05, 0.1) is 6.54 Å². The average Bonchev–Trinajstić information content (AvgIpc) is 2.49. The number of carbonyl (C=O) groups is 1. The molecule has 0 aromatic heterocycles. The first-order chi connectivity index (χ1) is 10.2. The van der Waals surface area contributed by atoms with Crippen molar-refractivity contribution in [1.29, 1.82) is 0 Å². The van der Waals surface area contributed by atoms with Crippen molar-refractivity contribution in [3.8, 4) is 0 Å². The van der Waals surface area contributed by atoms with Gasteiger partial charge in [-0.2, -0.15) is 0 Å². The Hall–Kier alpha value is -1.84. The quantitative estimate of drug-likeness (QED) is 0.943. The van der Waals surface area contributed by atoms with E-state index < -0.39 is 0 Å². The van der Waals surface area contributed by atoms with Gasteiger partial charge in [-0.15, -0.1) is 0 Å². The minimum Gasteiger partial charge on any atom is -0.325 e. The van der Waals surface area contributed by atoms with E-state index in [9.17, 15) is 4.79 Å². The van der Waals surface area contributed by atoms with Crippen LogP contribution in [0.2, 0.25) is 5.02 Å². The number of nitrogens with zero attached hydrogens (tertiary/aromatic N) is 1. The maximum Gasteiger partial charge on any atom is 0.238 e. The highest BCUT2D eigenvalue weighted by Crippen LogP contribution is 2.18. The van der Waals surface area contributed by atoms with Crippen LogP contribution in [0.5, 0.6) is 0 Å². The largest absolute Gasteiger partial charge is 0.325 e. The van der Waals surface area contributed by atoms with E-state index in [4.69, 9.17) is 11.6 Å². The number of hydrogen-bond acceptors (Lipinski definition) is 2. The molecule has 1 heterocycles. The highest BCUT2D eigenvalue weighted by atomic mass is 35.5. The number of hydrogen-bond donors (Lipinski definition) is 1. The van der Waals surface area contributed by atoms with Crippen LogP contribution in [0.3, 0.4) is 0 Å². The van der Waals surface area contributed by atoms with Gasteiger partial charge in [-0.25, -0.2) is 0 Å². The molecule has 0 spiro atoms. The summed E-state index contributed by atoms with van der Waals surface area (Å²) >= 11 is 5.83. The van der Waals surface area contributed by atoms with Gasteiger partial charge in [0, 0.05) is 23.8 Å². The molecule has 21 heavy (non-hydrogen) atoms. The summed E-state index contributed by atoms with van der Waals surface area (Å²) in [7, 11) is 0. The summed E-state index contributed by atoms with van der Waals surface area (Å²) in [6, 6.07) is 15.6. The fourth-order valence-corrected chi connectivity index (χ4v) is 2.75. The first-order valence-electron chi connectivity index (χ1n) is 7.05. The van der Waals surface area contributed by atoms with Crippen LogP contribution in [0.15, 0.2) is 48.5 Å². The van der Waals surface area contributed by atoms with Gasteiger partial charge >= 0.3 is 0 Å². The molecule has 0 bridgehead atoms. The molecule has 1 amide bonds. The molecular weight excluding hydrogens is 284 g/mol. The Kier molecular flexibility index (Phi) is 4.23. The van der Waals surface area contributed by atoms with Gasteiger partial charge < -0.3 is 5.32 Å². The third kappa shape index (κ3) is 3.63. The maximum absolute atomic E-state index is 12.1. The second-order valence-corrected chi connectivity index (χ2v) is 5.72. The number of benzene rings is 2. The summed E-state index contributed by atoms with van der Waals surface area (Å²) in [6.45, 7) is 2.17. The average molecular weight is 301 g/mol. The summed E-state index contributed by atoms with van der Waals surface area (Å²) in [4.78, 5) is 14.3.